The zero-order chi connectivity index (χ0) is 20.7. The molecule has 2 atom stereocenters. The lowest BCUT2D eigenvalue weighted by molar-refractivity contribution is 0.0801. The number of rotatable bonds is 4. The number of carbonyl (C=O) groups excluding carboxylic acids is 1. The number of ether oxygens (including phenoxy) is 2. The van der Waals surface area contributed by atoms with Crippen LogP contribution in [0.1, 0.15) is 34.5 Å². The Hall–Kier alpha value is -2.99. The Labute approximate surface area is 175 Å². The Morgan fingerprint density at radius 1 is 1.10 bits per heavy atom. The van der Waals surface area contributed by atoms with Crippen LogP contribution in [0.15, 0.2) is 46.9 Å². The number of nitrogens with zero attached hydrogens (tertiary/aromatic N) is 1. The second-order valence-corrected chi connectivity index (χ2v) is 8.15. The normalized spacial score (nSPS) is 21.0. The first kappa shape index (κ1) is 19.0. The molecule has 1 amide bonds. The smallest absolute Gasteiger partial charge is 0.287 e. The molecule has 6 heteroatoms. The van der Waals surface area contributed by atoms with Gasteiger partial charge in [0, 0.05) is 30.6 Å². The minimum Gasteiger partial charge on any atom is -0.493 e. The molecule has 30 heavy (non-hydrogen) atoms. The van der Waals surface area contributed by atoms with Gasteiger partial charge < -0.3 is 19.2 Å². The number of hydrogen-bond acceptors (Lipinski definition) is 5. The highest BCUT2D eigenvalue weighted by molar-refractivity contribution is 5.96. The van der Waals surface area contributed by atoms with Crippen molar-refractivity contribution in [1.29, 1.82) is 0 Å². The van der Waals surface area contributed by atoms with Gasteiger partial charge in [0.05, 0.1) is 14.2 Å². The standard InChI is InChI=1S/C24H26N2O4/c1-28-21-11-16-9-19-13-18(7-8-26(19)14-17(16)12-22(21)29-2)25-24(27)23-10-15-5-3-4-6-20(15)30-23/h3-6,10-12,18-19H,7-9,13-14H2,1-2H3,(H,25,27)/t18-,19-/m1/s1. The van der Waals surface area contributed by atoms with Crippen LogP contribution in [-0.4, -0.2) is 43.7 Å². The van der Waals surface area contributed by atoms with Crippen LogP contribution in [0.4, 0.5) is 0 Å². The lowest BCUT2D eigenvalue weighted by Gasteiger charge is -2.43. The highest BCUT2D eigenvalue weighted by atomic mass is 16.5. The van der Waals surface area contributed by atoms with Gasteiger partial charge in [0.1, 0.15) is 5.58 Å². The van der Waals surface area contributed by atoms with E-state index < -0.39 is 0 Å². The number of benzene rings is 2. The maximum absolute atomic E-state index is 12.7. The van der Waals surface area contributed by atoms with Crippen LogP contribution >= 0.6 is 0 Å². The van der Waals surface area contributed by atoms with Crippen LogP contribution in [0.2, 0.25) is 0 Å². The number of para-hydroxylation sites is 1. The SMILES string of the molecule is COc1cc2c(cc1OC)CN1CC[C@@H](NC(=O)c3cc4ccccc4o3)C[C@H]1C2. The number of furan rings is 1. The molecule has 0 aliphatic carbocycles. The summed E-state index contributed by atoms with van der Waals surface area (Å²) in [5.41, 5.74) is 3.34. The van der Waals surface area contributed by atoms with Crippen LogP contribution in [0.5, 0.6) is 11.5 Å². The molecule has 0 bridgehead atoms. The topological polar surface area (TPSA) is 63.9 Å². The molecule has 3 aromatic rings. The summed E-state index contributed by atoms with van der Waals surface area (Å²) in [6, 6.07) is 14.3. The molecular weight excluding hydrogens is 380 g/mol. The van der Waals surface area contributed by atoms with Crippen molar-refractivity contribution in [3.8, 4) is 11.5 Å². The fourth-order valence-corrected chi connectivity index (χ4v) is 4.77. The average molecular weight is 406 g/mol. The molecule has 1 N–H and O–H groups in total. The lowest BCUT2D eigenvalue weighted by atomic mass is 9.86. The van der Waals surface area contributed by atoms with Crippen molar-refractivity contribution in [3.05, 3.63) is 59.4 Å². The van der Waals surface area contributed by atoms with Crippen molar-refractivity contribution in [2.75, 3.05) is 20.8 Å². The average Bonchev–Trinajstić information content (AvgIpc) is 3.21. The van der Waals surface area contributed by atoms with Gasteiger partial charge in [0.25, 0.3) is 5.91 Å². The van der Waals surface area contributed by atoms with Gasteiger partial charge in [-0.1, -0.05) is 18.2 Å². The number of hydrogen-bond donors (Lipinski definition) is 1. The van der Waals surface area contributed by atoms with Crippen LogP contribution in [0, 0.1) is 0 Å². The van der Waals surface area contributed by atoms with Gasteiger partial charge in [-0.15, -0.1) is 0 Å². The van der Waals surface area contributed by atoms with Gasteiger partial charge >= 0.3 is 0 Å². The van der Waals surface area contributed by atoms with E-state index in [1.807, 2.05) is 30.3 Å². The van der Waals surface area contributed by atoms with Crippen LogP contribution in [0.25, 0.3) is 11.0 Å². The molecular formula is C24H26N2O4. The first-order chi connectivity index (χ1) is 14.6. The fraction of sp³-hybridized carbons (Fsp3) is 0.375. The molecule has 6 nitrogen and oxygen atoms in total. The van der Waals surface area contributed by atoms with Crippen molar-refractivity contribution < 1.29 is 18.7 Å². The van der Waals surface area contributed by atoms with Crippen molar-refractivity contribution in [1.82, 2.24) is 10.2 Å². The molecule has 2 aliphatic heterocycles. The molecule has 5 rings (SSSR count). The molecule has 0 unspecified atom stereocenters. The number of methoxy groups -OCH3 is 2. The Balaban J connectivity index is 1.29. The molecule has 0 saturated carbocycles. The Kier molecular flexibility index (Phi) is 4.87. The predicted octanol–water partition coefficient (Wildman–Crippen LogP) is 3.77. The van der Waals surface area contributed by atoms with Crippen LogP contribution in [0.3, 0.4) is 0 Å². The van der Waals surface area contributed by atoms with E-state index in [9.17, 15) is 4.79 Å². The quantitative estimate of drug-likeness (QED) is 0.715. The largest absolute Gasteiger partial charge is 0.493 e. The van der Waals surface area contributed by atoms with Crippen LogP contribution < -0.4 is 14.8 Å². The summed E-state index contributed by atoms with van der Waals surface area (Å²) in [5.74, 6) is 1.80. The third kappa shape index (κ3) is 3.41. The summed E-state index contributed by atoms with van der Waals surface area (Å²) in [4.78, 5) is 15.3. The Morgan fingerprint density at radius 3 is 2.63 bits per heavy atom. The third-order valence-corrected chi connectivity index (χ3v) is 6.36. The van der Waals surface area contributed by atoms with Gasteiger partial charge in [-0.25, -0.2) is 0 Å². The predicted molar refractivity (Wildman–Crippen MR) is 114 cm³/mol. The zero-order valence-corrected chi connectivity index (χ0v) is 17.3. The molecule has 0 radical (unpaired) electrons. The van der Waals surface area contributed by atoms with Gasteiger partial charge in [0.15, 0.2) is 17.3 Å². The molecule has 1 saturated heterocycles. The van der Waals surface area contributed by atoms with Gasteiger partial charge in [0.2, 0.25) is 0 Å². The zero-order valence-electron chi connectivity index (χ0n) is 17.3. The summed E-state index contributed by atoms with van der Waals surface area (Å²) >= 11 is 0. The fourth-order valence-electron chi connectivity index (χ4n) is 4.77. The number of piperidine rings is 1. The van der Waals surface area contributed by atoms with Gasteiger partial charge in [-0.3, -0.25) is 9.69 Å². The van der Waals surface area contributed by atoms with Crippen molar-refractivity contribution in [2.45, 2.75) is 37.9 Å². The van der Waals surface area contributed by atoms with E-state index in [1.54, 1.807) is 14.2 Å². The van der Waals surface area contributed by atoms with E-state index in [1.165, 1.54) is 11.1 Å². The minimum atomic E-state index is -0.132. The molecule has 156 valence electrons. The van der Waals surface area contributed by atoms with E-state index in [2.05, 4.69) is 22.3 Å². The second kappa shape index (κ2) is 7.69. The van der Waals surface area contributed by atoms with Crippen molar-refractivity contribution in [2.24, 2.45) is 0 Å². The Bertz CT molecular complexity index is 1060. The summed E-state index contributed by atoms with van der Waals surface area (Å²) in [6.45, 7) is 1.87. The van der Waals surface area contributed by atoms with E-state index >= 15 is 0 Å². The number of fused-ring (bicyclic) bond motifs is 3. The molecule has 2 aromatic carbocycles. The monoisotopic (exact) mass is 406 g/mol. The van der Waals surface area contributed by atoms with Crippen LogP contribution in [-0.2, 0) is 13.0 Å². The van der Waals surface area contributed by atoms with E-state index in [-0.39, 0.29) is 11.9 Å². The molecule has 1 fully saturated rings. The number of amides is 1. The molecule has 2 aliphatic rings. The van der Waals surface area contributed by atoms with E-state index in [4.69, 9.17) is 13.9 Å². The van der Waals surface area contributed by atoms with Gasteiger partial charge in [-0.05, 0) is 54.7 Å². The lowest BCUT2D eigenvalue weighted by Crippen LogP contribution is -2.51. The van der Waals surface area contributed by atoms with Crippen molar-refractivity contribution >= 4 is 16.9 Å². The van der Waals surface area contributed by atoms with Crippen molar-refractivity contribution in [3.63, 3.8) is 0 Å². The Morgan fingerprint density at radius 2 is 1.87 bits per heavy atom. The highest BCUT2D eigenvalue weighted by Gasteiger charge is 2.34. The molecule has 1 aromatic heterocycles. The summed E-state index contributed by atoms with van der Waals surface area (Å²) in [5, 5.41) is 4.14. The summed E-state index contributed by atoms with van der Waals surface area (Å²) < 4.78 is 16.7. The summed E-state index contributed by atoms with van der Waals surface area (Å²) in [7, 11) is 3.34. The maximum atomic E-state index is 12.7. The first-order valence-corrected chi connectivity index (χ1v) is 10.4. The third-order valence-electron chi connectivity index (χ3n) is 6.36. The first-order valence-electron chi connectivity index (χ1n) is 10.4. The number of nitrogens with one attached hydrogen (secondary N) is 1. The van der Waals surface area contributed by atoms with E-state index in [0.29, 0.717) is 11.8 Å². The second-order valence-electron chi connectivity index (χ2n) is 8.15. The number of carbonyl (C=O) groups is 1. The molecule has 0 spiro atoms. The highest BCUT2D eigenvalue weighted by Crippen LogP contribution is 2.36. The maximum Gasteiger partial charge on any atom is 0.287 e. The van der Waals surface area contributed by atoms with E-state index in [0.717, 1.165) is 54.8 Å². The van der Waals surface area contributed by atoms with Gasteiger partial charge in [-0.2, -0.15) is 0 Å². The summed E-state index contributed by atoms with van der Waals surface area (Å²) in [6.07, 6.45) is 2.82. The molecule has 3 heterocycles. The minimum absolute atomic E-state index is 0.132.